The van der Waals surface area contributed by atoms with Gasteiger partial charge in [-0.05, 0) is 11.6 Å². The number of rotatable bonds is 4. The zero-order valence-corrected chi connectivity index (χ0v) is 10.1. The molecule has 2 heterocycles. The van der Waals surface area contributed by atoms with Gasteiger partial charge in [-0.25, -0.2) is 4.98 Å². The third-order valence-electron chi connectivity index (χ3n) is 3.03. The fraction of sp³-hybridized carbons (Fsp3) is 0.583. The molecule has 0 saturated carbocycles. The summed E-state index contributed by atoms with van der Waals surface area (Å²) in [7, 11) is 1.85. The van der Waals surface area contributed by atoms with Crippen molar-refractivity contribution in [1.29, 1.82) is 0 Å². The summed E-state index contributed by atoms with van der Waals surface area (Å²) in [6.45, 7) is 3.16. The van der Waals surface area contributed by atoms with Gasteiger partial charge in [-0.2, -0.15) is 0 Å². The molecule has 1 atom stereocenters. The van der Waals surface area contributed by atoms with Crippen LogP contribution >= 0.6 is 0 Å². The number of morpholine rings is 1. The number of hydrogen-bond acceptors (Lipinski definition) is 5. The third-order valence-corrected chi connectivity index (χ3v) is 3.03. The van der Waals surface area contributed by atoms with Crippen LogP contribution in [0, 0.1) is 0 Å². The first-order valence-electron chi connectivity index (χ1n) is 5.89. The number of aromatic nitrogens is 1. The lowest BCUT2D eigenvalue weighted by molar-refractivity contribution is -0.0313. The Morgan fingerprint density at radius 1 is 1.59 bits per heavy atom. The molecule has 1 aromatic rings. The predicted octanol–water partition coefficient (Wildman–Crippen LogP) is 0.316. The van der Waals surface area contributed by atoms with Gasteiger partial charge in [0.15, 0.2) is 0 Å². The van der Waals surface area contributed by atoms with Crippen LogP contribution in [0.3, 0.4) is 0 Å². The van der Waals surface area contributed by atoms with E-state index in [0.717, 1.165) is 31.1 Å². The average molecular weight is 237 g/mol. The lowest BCUT2D eigenvalue weighted by Gasteiger charge is -2.34. The van der Waals surface area contributed by atoms with E-state index in [2.05, 4.69) is 21.3 Å². The van der Waals surface area contributed by atoms with E-state index in [0.29, 0.717) is 6.61 Å². The fourth-order valence-corrected chi connectivity index (χ4v) is 1.97. The maximum absolute atomic E-state index is 9.27. The zero-order valence-electron chi connectivity index (χ0n) is 10.1. The third kappa shape index (κ3) is 3.15. The Balaban J connectivity index is 1.98. The first kappa shape index (κ1) is 12.3. The minimum atomic E-state index is 0.104. The van der Waals surface area contributed by atoms with E-state index in [-0.39, 0.29) is 12.6 Å². The Labute approximate surface area is 101 Å². The first-order chi connectivity index (χ1) is 8.33. The molecule has 5 heteroatoms. The van der Waals surface area contributed by atoms with E-state index in [4.69, 9.17) is 4.74 Å². The molecule has 1 aliphatic rings. The summed E-state index contributed by atoms with van der Waals surface area (Å²) in [6.07, 6.45) is 1.87. The van der Waals surface area contributed by atoms with E-state index >= 15 is 0 Å². The topological polar surface area (TPSA) is 57.6 Å². The van der Waals surface area contributed by atoms with Crippen LogP contribution in [0.25, 0.3) is 0 Å². The van der Waals surface area contributed by atoms with Gasteiger partial charge >= 0.3 is 0 Å². The highest BCUT2D eigenvalue weighted by molar-refractivity contribution is 5.34. The van der Waals surface area contributed by atoms with Crippen LogP contribution in [0.5, 0.6) is 0 Å². The number of aliphatic hydroxyl groups excluding tert-OH is 1. The molecule has 0 aliphatic carbocycles. The Morgan fingerprint density at radius 3 is 3.12 bits per heavy atom. The number of nitrogens with zero attached hydrogens (tertiary/aromatic N) is 2. The highest BCUT2D eigenvalue weighted by Gasteiger charge is 2.22. The Kier molecular flexibility index (Phi) is 4.30. The quantitative estimate of drug-likeness (QED) is 0.789. The molecule has 0 amide bonds. The van der Waals surface area contributed by atoms with Crippen LogP contribution in [0.15, 0.2) is 18.3 Å². The van der Waals surface area contributed by atoms with Gasteiger partial charge in [0.25, 0.3) is 0 Å². The van der Waals surface area contributed by atoms with Gasteiger partial charge in [0.1, 0.15) is 5.82 Å². The molecule has 1 unspecified atom stereocenters. The van der Waals surface area contributed by atoms with Crippen molar-refractivity contribution in [2.75, 3.05) is 38.7 Å². The molecular weight excluding hydrogens is 218 g/mol. The van der Waals surface area contributed by atoms with Crippen LogP contribution in [-0.2, 0) is 11.3 Å². The molecule has 94 valence electrons. The summed E-state index contributed by atoms with van der Waals surface area (Å²) in [5.41, 5.74) is 1.16. The molecule has 2 N–H and O–H groups in total. The second-order valence-corrected chi connectivity index (χ2v) is 4.18. The van der Waals surface area contributed by atoms with E-state index < -0.39 is 0 Å². The lowest BCUT2D eigenvalue weighted by Crippen LogP contribution is -2.46. The summed E-state index contributed by atoms with van der Waals surface area (Å²) >= 11 is 0. The molecule has 1 fully saturated rings. The van der Waals surface area contributed by atoms with E-state index in [1.165, 1.54) is 0 Å². The SMILES string of the molecule is CNc1ccc(CN2CCOCC2CO)cn1. The predicted molar refractivity (Wildman–Crippen MR) is 65.9 cm³/mol. The molecule has 5 nitrogen and oxygen atoms in total. The molecular formula is C12H19N3O2. The van der Waals surface area contributed by atoms with Gasteiger partial charge in [0.05, 0.1) is 25.9 Å². The summed E-state index contributed by atoms with van der Waals surface area (Å²) in [6, 6.07) is 4.12. The maximum Gasteiger partial charge on any atom is 0.125 e. The fourth-order valence-electron chi connectivity index (χ4n) is 1.97. The second kappa shape index (κ2) is 5.95. The lowest BCUT2D eigenvalue weighted by atomic mass is 10.2. The highest BCUT2D eigenvalue weighted by atomic mass is 16.5. The number of anilines is 1. The number of pyridine rings is 1. The van der Waals surface area contributed by atoms with E-state index in [9.17, 15) is 5.11 Å². The highest BCUT2D eigenvalue weighted by Crippen LogP contribution is 2.12. The van der Waals surface area contributed by atoms with E-state index in [1.54, 1.807) is 0 Å². The molecule has 17 heavy (non-hydrogen) atoms. The number of nitrogens with one attached hydrogen (secondary N) is 1. The number of aliphatic hydroxyl groups is 1. The van der Waals surface area contributed by atoms with Crippen LogP contribution in [0.4, 0.5) is 5.82 Å². The van der Waals surface area contributed by atoms with Crippen molar-refractivity contribution in [2.45, 2.75) is 12.6 Å². The molecule has 1 aromatic heterocycles. The first-order valence-corrected chi connectivity index (χ1v) is 5.89. The summed E-state index contributed by atoms with van der Waals surface area (Å²) < 4.78 is 5.35. The molecule has 0 aromatic carbocycles. The standard InChI is InChI=1S/C12H19N3O2/c1-13-12-3-2-10(6-14-12)7-15-4-5-17-9-11(15)8-16/h2-3,6,11,16H,4-5,7-9H2,1H3,(H,13,14). The van der Waals surface area contributed by atoms with Crippen molar-refractivity contribution in [3.63, 3.8) is 0 Å². The van der Waals surface area contributed by atoms with Crippen molar-refractivity contribution in [1.82, 2.24) is 9.88 Å². The Hall–Kier alpha value is -1.17. The van der Waals surface area contributed by atoms with Crippen molar-refractivity contribution < 1.29 is 9.84 Å². The van der Waals surface area contributed by atoms with Crippen molar-refractivity contribution in [3.05, 3.63) is 23.9 Å². The summed E-state index contributed by atoms with van der Waals surface area (Å²) in [4.78, 5) is 6.52. The van der Waals surface area contributed by atoms with Gasteiger partial charge in [-0.1, -0.05) is 6.07 Å². The van der Waals surface area contributed by atoms with Gasteiger partial charge in [0, 0.05) is 26.3 Å². The average Bonchev–Trinajstić information content (AvgIpc) is 2.40. The number of hydrogen-bond donors (Lipinski definition) is 2. The monoisotopic (exact) mass is 237 g/mol. The molecule has 0 spiro atoms. The number of ether oxygens (including phenoxy) is 1. The van der Waals surface area contributed by atoms with E-state index in [1.807, 2.05) is 19.3 Å². The smallest absolute Gasteiger partial charge is 0.125 e. The van der Waals surface area contributed by atoms with Gasteiger partial charge in [-0.3, -0.25) is 4.90 Å². The molecule has 2 rings (SSSR count). The van der Waals surface area contributed by atoms with Gasteiger partial charge in [-0.15, -0.1) is 0 Å². The zero-order chi connectivity index (χ0) is 12.1. The Bertz CT molecular complexity index is 342. The minimum absolute atomic E-state index is 0.104. The Morgan fingerprint density at radius 2 is 2.47 bits per heavy atom. The molecule has 1 saturated heterocycles. The van der Waals surface area contributed by atoms with Crippen LogP contribution < -0.4 is 5.32 Å². The van der Waals surface area contributed by atoms with Crippen molar-refractivity contribution >= 4 is 5.82 Å². The minimum Gasteiger partial charge on any atom is -0.395 e. The van der Waals surface area contributed by atoms with Gasteiger partial charge in [0.2, 0.25) is 0 Å². The molecule has 0 bridgehead atoms. The summed E-state index contributed by atoms with van der Waals surface area (Å²) in [5, 5.41) is 12.3. The van der Waals surface area contributed by atoms with Crippen molar-refractivity contribution in [3.8, 4) is 0 Å². The van der Waals surface area contributed by atoms with Crippen LogP contribution in [0.1, 0.15) is 5.56 Å². The maximum atomic E-state index is 9.27. The largest absolute Gasteiger partial charge is 0.395 e. The van der Waals surface area contributed by atoms with Crippen LogP contribution in [-0.4, -0.2) is 54.4 Å². The molecule has 0 radical (unpaired) electrons. The van der Waals surface area contributed by atoms with Crippen molar-refractivity contribution in [2.24, 2.45) is 0 Å². The normalized spacial score (nSPS) is 21.4. The summed E-state index contributed by atoms with van der Waals surface area (Å²) in [5.74, 6) is 0.870. The van der Waals surface area contributed by atoms with Gasteiger partial charge < -0.3 is 15.2 Å². The second-order valence-electron chi connectivity index (χ2n) is 4.18. The van der Waals surface area contributed by atoms with Crippen LogP contribution in [0.2, 0.25) is 0 Å². The molecule has 1 aliphatic heterocycles.